The van der Waals surface area contributed by atoms with E-state index in [1.54, 1.807) is 0 Å². The Hall–Kier alpha value is -1.77. The molecular weight excluding hydrogens is 202 g/mol. The summed E-state index contributed by atoms with van der Waals surface area (Å²) >= 11 is 0. The van der Waals surface area contributed by atoms with Crippen molar-refractivity contribution in [3.63, 3.8) is 0 Å². The summed E-state index contributed by atoms with van der Waals surface area (Å²) < 4.78 is 11.1. The summed E-state index contributed by atoms with van der Waals surface area (Å²) in [7, 11) is 0. The van der Waals surface area contributed by atoms with Crippen molar-refractivity contribution in [2.45, 2.75) is 27.4 Å². The number of hydrogen-bond donors (Lipinski definition) is 0. The molecule has 0 N–H and O–H groups in total. The molecule has 0 unspecified atom stereocenters. The van der Waals surface area contributed by atoms with Crippen molar-refractivity contribution in [1.82, 2.24) is 4.98 Å². The number of rotatable bonds is 3. The van der Waals surface area contributed by atoms with E-state index >= 15 is 0 Å². The Morgan fingerprint density at radius 1 is 1.19 bits per heavy atom. The van der Waals surface area contributed by atoms with Crippen LogP contribution in [0.1, 0.15) is 22.9 Å². The molecule has 0 saturated carbocycles. The van der Waals surface area contributed by atoms with Crippen LogP contribution < -0.4 is 4.74 Å². The van der Waals surface area contributed by atoms with Crippen molar-refractivity contribution >= 4 is 0 Å². The van der Waals surface area contributed by atoms with Gasteiger partial charge in [0.25, 0.3) is 0 Å². The predicted molar refractivity (Wildman–Crippen MR) is 61.5 cm³/mol. The van der Waals surface area contributed by atoms with Crippen LogP contribution in [0.25, 0.3) is 0 Å². The molecule has 0 saturated heterocycles. The Morgan fingerprint density at radius 3 is 2.56 bits per heavy atom. The van der Waals surface area contributed by atoms with Gasteiger partial charge in [0.05, 0.1) is 5.69 Å². The third-order valence-corrected chi connectivity index (χ3v) is 2.52. The van der Waals surface area contributed by atoms with Gasteiger partial charge in [-0.25, -0.2) is 4.98 Å². The van der Waals surface area contributed by atoms with E-state index in [9.17, 15) is 0 Å². The average molecular weight is 217 g/mol. The molecule has 2 rings (SSSR count). The third-order valence-electron chi connectivity index (χ3n) is 2.52. The molecule has 1 aromatic carbocycles. The summed E-state index contributed by atoms with van der Waals surface area (Å²) in [5.41, 5.74) is 2.03. The first kappa shape index (κ1) is 10.7. The summed E-state index contributed by atoms with van der Waals surface area (Å²) in [6, 6.07) is 7.90. The van der Waals surface area contributed by atoms with Crippen molar-refractivity contribution in [2.75, 3.05) is 0 Å². The van der Waals surface area contributed by atoms with Crippen LogP contribution in [-0.2, 0) is 6.61 Å². The van der Waals surface area contributed by atoms with Crippen molar-refractivity contribution in [3.05, 3.63) is 47.2 Å². The largest absolute Gasteiger partial charge is 0.484 e. The molecule has 0 fully saturated rings. The summed E-state index contributed by atoms with van der Waals surface area (Å²) in [6.07, 6.45) is 0. The molecule has 0 spiro atoms. The van der Waals surface area contributed by atoms with E-state index in [2.05, 4.69) is 4.98 Å². The highest BCUT2D eigenvalue weighted by Gasteiger charge is 2.06. The highest BCUT2D eigenvalue weighted by atomic mass is 16.5. The maximum absolute atomic E-state index is 5.63. The minimum Gasteiger partial charge on any atom is -0.484 e. The van der Waals surface area contributed by atoms with E-state index in [1.165, 1.54) is 0 Å². The molecule has 0 bridgehead atoms. The van der Waals surface area contributed by atoms with Gasteiger partial charge in [-0.1, -0.05) is 18.2 Å². The molecule has 0 aliphatic heterocycles. The molecule has 1 aromatic heterocycles. The molecule has 16 heavy (non-hydrogen) atoms. The lowest BCUT2D eigenvalue weighted by molar-refractivity contribution is 0.259. The lowest BCUT2D eigenvalue weighted by atomic mass is 10.2. The van der Waals surface area contributed by atoms with E-state index in [0.717, 1.165) is 22.8 Å². The van der Waals surface area contributed by atoms with E-state index in [0.29, 0.717) is 12.5 Å². The number of benzene rings is 1. The highest BCUT2D eigenvalue weighted by Crippen LogP contribution is 2.18. The van der Waals surface area contributed by atoms with Gasteiger partial charge in [0.2, 0.25) is 5.89 Å². The maximum atomic E-state index is 5.63. The highest BCUT2D eigenvalue weighted by molar-refractivity contribution is 5.31. The number of ether oxygens (including phenoxy) is 1. The quantitative estimate of drug-likeness (QED) is 0.792. The molecule has 3 heteroatoms. The first-order valence-corrected chi connectivity index (χ1v) is 5.28. The van der Waals surface area contributed by atoms with Crippen LogP contribution in [0, 0.1) is 20.8 Å². The van der Waals surface area contributed by atoms with Crippen molar-refractivity contribution in [3.8, 4) is 5.75 Å². The monoisotopic (exact) mass is 217 g/mol. The van der Waals surface area contributed by atoms with Gasteiger partial charge < -0.3 is 9.15 Å². The zero-order chi connectivity index (χ0) is 11.5. The summed E-state index contributed by atoms with van der Waals surface area (Å²) in [5.74, 6) is 2.35. The van der Waals surface area contributed by atoms with Gasteiger partial charge >= 0.3 is 0 Å². The second-order valence-electron chi connectivity index (χ2n) is 3.80. The van der Waals surface area contributed by atoms with Crippen LogP contribution in [0.4, 0.5) is 0 Å². The molecule has 84 valence electrons. The van der Waals surface area contributed by atoms with Crippen LogP contribution in [-0.4, -0.2) is 4.98 Å². The molecule has 0 amide bonds. The second-order valence-corrected chi connectivity index (χ2v) is 3.80. The molecule has 0 atom stereocenters. The zero-order valence-corrected chi connectivity index (χ0v) is 9.78. The van der Waals surface area contributed by atoms with E-state index in [1.807, 2.05) is 45.0 Å². The predicted octanol–water partition coefficient (Wildman–Crippen LogP) is 3.18. The molecule has 1 heterocycles. The number of para-hydroxylation sites is 1. The molecule has 2 aromatic rings. The van der Waals surface area contributed by atoms with E-state index in [-0.39, 0.29) is 0 Å². The van der Waals surface area contributed by atoms with Crippen LogP contribution in [0.3, 0.4) is 0 Å². The summed E-state index contributed by atoms with van der Waals surface area (Å²) in [4.78, 5) is 4.26. The summed E-state index contributed by atoms with van der Waals surface area (Å²) in [6.45, 7) is 6.22. The van der Waals surface area contributed by atoms with Crippen molar-refractivity contribution < 1.29 is 9.15 Å². The number of aromatic nitrogens is 1. The molecule has 0 aliphatic rings. The Bertz CT molecular complexity index is 469. The average Bonchev–Trinajstić information content (AvgIpc) is 2.57. The fraction of sp³-hybridized carbons (Fsp3) is 0.308. The smallest absolute Gasteiger partial charge is 0.232 e. The first-order chi connectivity index (χ1) is 7.66. The van der Waals surface area contributed by atoms with Gasteiger partial charge in [-0.3, -0.25) is 0 Å². The fourth-order valence-electron chi connectivity index (χ4n) is 1.46. The molecule has 0 radical (unpaired) electrons. The Labute approximate surface area is 95.1 Å². The van der Waals surface area contributed by atoms with Gasteiger partial charge in [0.15, 0.2) is 6.61 Å². The minimum absolute atomic E-state index is 0.375. The normalized spacial score (nSPS) is 10.4. The van der Waals surface area contributed by atoms with Crippen molar-refractivity contribution in [1.29, 1.82) is 0 Å². The van der Waals surface area contributed by atoms with Gasteiger partial charge in [-0.2, -0.15) is 0 Å². The van der Waals surface area contributed by atoms with Crippen LogP contribution in [0.5, 0.6) is 5.75 Å². The fourth-order valence-corrected chi connectivity index (χ4v) is 1.46. The maximum Gasteiger partial charge on any atom is 0.232 e. The molecule has 3 nitrogen and oxygen atoms in total. The van der Waals surface area contributed by atoms with Gasteiger partial charge in [-0.05, 0) is 32.4 Å². The molecule has 0 aliphatic carbocycles. The molecular formula is C13H15NO2. The number of nitrogens with zero attached hydrogens (tertiary/aromatic N) is 1. The van der Waals surface area contributed by atoms with E-state index in [4.69, 9.17) is 9.15 Å². The van der Waals surface area contributed by atoms with Crippen LogP contribution >= 0.6 is 0 Å². The van der Waals surface area contributed by atoms with Crippen molar-refractivity contribution in [2.24, 2.45) is 0 Å². The Morgan fingerprint density at radius 2 is 1.94 bits per heavy atom. The lowest BCUT2D eigenvalue weighted by Gasteiger charge is -2.05. The van der Waals surface area contributed by atoms with Gasteiger partial charge in [-0.15, -0.1) is 0 Å². The topological polar surface area (TPSA) is 35.3 Å². The Kier molecular flexibility index (Phi) is 2.95. The Balaban J connectivity index is 2.05. The number of aryl methyl sites for hydroxylation is 3. The number of hydrogen-bond acceptors (Lipinski definition) is 3. The van der Waals surface area contributed by atoms with Gasteiger partial charge in [0.1, 0.15) is 11.5 Å². The standard InChI is InChI=1S/C13H15NO2/c1-9-6-4-5-7-12(9)15-8-13-14-10(2)11(3)16-13/h4-7H,8H2,1-3H3. The SMILES string of the molecule is Cc1ccccc1OCc1nc(C)c(C)o1. The zero-order valence-electron chi connectivity index (χ0n) is 9.78. The number of oxazole rings is 1. The summed E-state index contributed by atoms with van der Waals surface area (Å²) in [5, 5.41) is 0. The lowest BCUT2D eigenvalue weighted by Crippen LogP contribution is -1.97. The minimum atomic E-state index is 0.375. The first-order valence-electron chi connectivity index (χ1n) is 5.28. The van der Waals surface area contributed by atoms with Crippen LogP contribution in [0.2, 0.25) is 0 Å². The van der Waals surface area contributed by atoms with E-state index < -0.39 is 0 Å². The van der Waals surface area contributed by atoms with Gasteiger partial charge in [0, 0.05) is 0 Å². The third kappa shape index (κ3) is 2.24. The van der Waals surface area contributed by atoms with Crippen LogP contribution in [0.15, 0.2) is 28.7 Å². The second kappa shape index (κ2) is 4.39.